The molecule has 1 aromatic heterocycles. The highest BCUT2D eigenvalue weighted by atomic mass is 19.1. The van der Waals surface area contributed by atoms with E-state index in [9.17, 15) is 9.18 Å². The number of benzene rings is 1. The second-order valence-corrected chi connectivity index (χ2v) is 5.31. The van der Waals surface area contributed by atoms with Crippen LogP contribution in [-0.4, -0.2) is 28.5 Å². The van der Waals surface area contributed by atoms with Crippen LogP contribution >= 0.6 is 0 Å². The summed E-state index contributed by atoms with van der Waals surface area (Å²) in [6.07, 6.45) is 5.62. The molecular weight excluding hydrogens is 283 g/mol. The SMILES string of the molecule is O=C(NC1CC1)c1cnc(NCCc2ccccc2F)nc1. The fourth-order valence-electron chi connectivity index (χ4n) is 2.04. The summed E-state index contributed by atoms with van der Waals surface area (Å²) in [5.41, 5.74) is 1.10. The topological polar surface area (TPSA) is 66.9 Å². The maximum absolute atomic E-state index is 13.5. The average molecular weight is 300 g/mol. The third kappa shape index (κ3) is 3.78. The molecule has 2 N–H and O–H groups in total. The van der Waals surface area contributed by atoms with Crippen molar-refractivity contribution in [2.24, 2.45) is 0 Å². The van der Waals surface area contributed by atoms with Gasteiger partial charge in [-0.25, -0.2) is 14.4 Å². The fourth-order valence-corrected chi connectivity index (χ4v) is 2.04. The Morgan fingerprint density at radius 3 is 2.64 bits per heavy atom. The van der Waals surface area contributed by atoms with Gasteiger partial charge in [-0.05, 0) is 30.9 Å². The number of rotatable bonds is 6. The fraction of sp³-hybridized carbons (Fsp3) is 0.312. The molecule has 1 aliphatic rings. The largest absolute Gasteiger partial charge is 0.354 e. The average Bonchev–Trinajstić information content (AvgIpc) is 3.34. The van der Waals surface area contributed by atoms with Gasteiger partial charge in [0.1, 0.15) is 5.82 Å². The van der Waals surface area contributed by atoms with E-state index in [-0.39, 0.29) is 11.7 Å². The third-order valence-electron chi connectivity index (χ3n) is 3.46. The van der Waals surface area contributed by atoms with Gasteiger partial charge in [-0.1, -0.05) is 18.2 Å². The first-order valence-corrected chi connectivity index (χ1v) is 7.32. The molecule has 3 rings (SSSR count). The zero-order chi connectivity index (χ0) is 15.4. The van der Waals surface area contributed by atoms with E-state index in [4.69, 9.17) is 0 Å². The van der Waals surface area contributed by atoms with Crippen LogP contribution in [0, 0.1) is 5.82 Å². The Hall–Kier alpha value is -2.50. The van der Waals surface area contributed by atoms with Gasteiger partial charge in [-0.3, -0.25) is 4.79 Å². The summed E-state index contributed by atoms with van der Waals surface area (Å²) >= 11 is 0. The second-order valence-electron chi connectivity index (χ2n) is 5.31. The summed E-state index contributed by atoms with van der Waals surface area (Å²) < 4.78 is 13.5. The summed E-state index contributed by atoms with van der Waals surface area (Å²) in [5, 5.41) is 5.90. The Labute approximate surface area is 128 Å². The van der Waals surface area contributed by atoms with Gasteiger partial charge in [0.25, 0.3) is 5.91 Å². The van der Waals surface area contributed by atoms with Crippen molar-refractivity contribution in [3.05, 3.63) is 53.6 Å². The van der Waals surface area contributed by atoms with Gasteiger partial charge in [0.2, 0.25) is 5.95 Å². The van der Waals surface area contributed by atoms with Crippen LogP contribution < -0.4 is 10.6 Å². The van der Waals surface area contributed by atoms with E-state index >= 15 is 0 Å². The molecule has 1 saturated carbocycles. The second kappa shape index (κ2) is 6.51. The molecule has 1 aromatic carbocycles. The minimum Gasteiger partial charge on any atom is -0.354 e. The smallest absolute Gasteiger partial charge is 0.254 e. The van der Waals surface area contributed by atoms with Crippen LogP contribution in [0.25, 0.3) is 0 Å². The van der Waals surface area contributed by atoms with Crippen molar-refractivity contribution in [2.75, 3.05) is 11.9 Å². The molecular formula is C16H17FN4O. The first-order chi connectivity index (χ1) is 10.7. The van der Waals surface area contributed by atoms with E-state index in [2.05, 4.69) is 20.6 Å². The minimum absolute atomic E-state index is 0.139. The highest BCUT2D eigenvalue weighted by Gasteiger charge is 2.23. The zero-order valence-electron chi connectivity index (χ0n) is 12.1. The Bertz CT molecular complexity index is 655. The number of nitrogens with one attached hydrogen (secondary N) is 2. The molecule has 0 aliphatic heterocycles. The number of halogens is 1. The highest BCUT2D eigenvalue weighted by Crippen LogP contribution is 2.19. The van der Waals surface area contributed by atoms with E-state index in [0.717, 1.165) is 12.8 Å². The van der Waals surface area contributed by atoms with E-state index in [1.165, 1.54) is 18.5 Å². The Morgan fingerprint density at radius 2 is 1.95 bits per heavy atom. The quantitative estimate of drug-likeness (QED) is 0.858. The third-order valence-corrected chi connectivity index (χ3v) is 3.46. The number of nitrogens with zero attached hydrogens (tertiary/aromatic N) is 2. The van der Waals surface area contributed by atoms with Crippen LogP contribution in [0.1, 0.15) is 28.8 Å². The predicted octanol–water partition coefficient (Wildman–Crippen LogP) is 2.16. The first-order valence-electron chi connectivity index (χ1n) is 7.32. The molecule has 2 aromatic rings. The van der Waals surface area contributed by atoms with Crippen LogP contribution in [0.15, 0.2) is 36.7 Å². The lowest BCUT2D eigenvalue weighted by Crippen LogP contribution is -2.25. The monoisotopic (exact) mass is 300 g/mol. The van der Waals surface area contributed by atoms with Gasteiger partial charge in [-0.2, -0.15) is 0 Å². The molecule has 0 radical (unpaired) electrons. The van der Waals surface area contributed by atoms with Crippen molar-refractivity contribution in [2.45, 2.75) is 25.3 Å². The van der Waals surface area contributed by atoms with Crippen molar-refractivity contribution >= 4 is 11.9 Å². The van der Waals surface area contributed by atoms with Crippen molar-refractivity contribution in [3.63, 3.8) is 0 Å². The van der Waals surface area contributed by atoms with Gasteiger partial charge in [0, 0.05) is 25.0 Å². The summed E-state index contributed by atoms with van der Waals surface area (Å²) in [7, 11) is 0. The summed E-state index contributed by atoms with van der Waals surface area (Å²) in [4.78, 5) is 20.0. The Kier molecular flexibility index (Phi) is 4.27. The number of anilines is 1. The lowest BCUT2D eigenvalue weighted by Gasteiger charge is -2.06. The van der Waals surface area contributed by atoms with Gasteiger partial charge in [0.15, 0.2) is 0 Å². The molecule has 0 unspecified atom stereocenters. The maximum atomic E-state index is 13.5. The minimum atomic E-state index is -0.211. The number of hydrogen-bond acceptors (Lipinski definition) is 4. The standard InChI is InChI=1S/C16H17FN4O/c17-14-4-2-1-3-11(14)7-8-18-16-19-9-12(10-20-16)15(22)21-13-5-6-13/h1-4,9-10,13H,5-8H2,(H,21,22)(H,18,19,20). The highest BCUT2D eigenvalue weighted by molar-refractivity contribution is 5.94. The number of carbonyl (C=O) groups is 1. The molecule has 6 heteroatoms. The number of aromatic nitrogens is 2. The van der Waals surface area contributed by atoms with E-state index in [0.29, 0.717) is 36.1 Å². The van der Waals surface area contributed by atoms with Crippen molar-refractivity contribution in [1.29, 1.82) is 0 Å². The molecule has 0 spiro atoms. The maximum Gasteiger partial charge on any atom is 0.254 e. The zero-order valence-corrected chi connectivity index (χ0v) is 12.1. The van der Waals surface area contributed by atoms with Gasteiger partial charge in [-0.15, -0.1) is 0 Å². The van der Waals surface area contributed by atoms with Crippen molar-refractivity contribution in [3.8, 4) is 0 Å². The van der Waals surface area contributed by atoms with Crippen LogP contribution in [-0.2, 0) is 6.42 Å². The van der Waals surface area contributed by atoms with Crippen LogP contribution in [0.3, 0.4) is 0 Å². The number of carbonyl (C=O) groups excluding carboxylic acids is 1. The van der Waals surface area contributed by atoms with Gasteiger partial charge >= 0.3 is 0 Å². The Morgan fingerprint density at radius 1 is 1.23 bits per heavy atom. The van der Waals surface area contributed by atoms with Crippen molar-refractivity contribution in [1.82, 2.24) is 15.3 Å². The summed E-state index contributed by atoms with van der Waals surface area (Å²) in [6.45, 7) is 0.522. The number of amides is 1. The van der Waals surface area contributed by atoms with Gasteiger partial charge < -0.3 is 10.6 Å². The molecule has 0 atom stereocenters. The normalized spacial score (nSPS) is 13.7. The Balaban J connectivity index is 1.50. The lowest BCUT2D eigenvalue weighted by atomic mass is 10.1. The molecule has 0 saturated heterocycles. The first kappa shape index (κ1) is 14.4. The molecule has 1 aliphatic carbocycles. The van der Waals surface area contributed by atoms with E-state index in [1.54, 1.807) is 12.1 Å². The summed E-state index contributed by atoms with van der Waals surface area (Å²) in [6, 6.07) is 6.98. The van der Waals surface area contributed by atoms with Crippen molar-refractivity contribution < 1.29 is 9.18 Å². The molecule has 0 bridgehead atoms. The molecule has 1 fully saturated rings. The molecule has 114 valence electrons. The molecule has 5 nitrogen and oxygen atoms in total. The predicted molar refractivity (Wildman–Crippen MR) is 81.1 cm³/mol. The summed E-state index contributed by atoms with van der Waals surface area (Å²) in [5.74, 6) is 0.0806. The molecule has 22 heavy (non-hydrogen) atoms. The van der Waals surface area contributed by atoms with Crippen LogP contribution in [0.5, 0.6) is 0 Å². The van der Waals surface area contributed by atoms with E-state index in [1.807, 2.05) is 6.07 Å². The molecule has 1 amide bonds. The number of hydrogen-bond donors (Lipinski definition) is 2. The molecule has 1 heterocycles. The van der Waals surface area contributed by atoms with E-state index < -0.39 is 0 Å². The van der Waals surface area contributed by atoms with Gasteiger partial charge in [0.05, 0.1) is 5.56 Å². The van der Waals surface area contributed by atoms with Crippen LogP contribution in [0.2, 0.25) is 0 Å². The lowest BCUT2D eigenvalue weighted by molar-refractivity contribution is 0.0950. The van der Waals surface area contributed by atoms with Crippen LogP contribution in [0.4, 0.5) is 10.3 Å².